The number of anilines is 3. The van der Waals surface area contributed by atoms with Gasteiger partial charge in [-0.15, -0.1) is 5.10 Å². The number of hydrogen-bond acceptors (Lipinski definition) is 9. The molecular formula is C18H25FN8O. The van der Waals surface area contributed by atoms with Crippen LogP contribution in [-0.2, 0) is 10.2 Å². The summed E-state index contributed by atoms with van der Waals surface area (Å²) >= 11 is 0. The number of rotatable bonds is 5. The third kappa shape index (κ3) is 6.07. The number of nitrogens with zero attached hydrogens (tertiary/aromatic N) is 5. The first-order chi connectivity index (χ1) is 13.5. The van der Waals surface area contributed by atoms with Gasteiger partial charge in [0.1, 0.15) is 18.6 Å². The summed E-state index contributed by atoms with van der Waals surface area (Å²) in [6, 6.07) is 3.61. The Labute approximate surface area is 163 Å². The van der Waals surface area contributed by atoms with Gasteiger partial charge in [0.05, 0.1) is 37.0 Å². The van der Waals surface area contributed by atoms with Crippen LogP contribution in [0, 0.1) is 11.3 Å². The van der Waals surface area contributed by atoms with Crippen LogP contribution >= 0.6 is 0 Å². The summed E-state index contributed by atoms with van der Waals surface area (Å²) in [6.07, 6.45) is 2.79. The van der Waals surface area contributed by atoms with E-state index in [-0.39, 0.29) is 5.69 Å². The lowest BCUT2D eigenvalue weighted by Crippen LogP contribution is -2.30. The first kappa shape index (κ1) is 21.4. The smallest absolute Gasteiger partial charge is 0.158 e. The molecule has 0 bridgehead atoms. The molecular weight excluding hydrogens is 363 g/mol. The van der Waals surface area contributed by atoms with Crippen LogP contribution in [0.25, 0.3) is 0 Å². The molecule has 0 aromatic carbocycles. The minimum atomic E-state index is -0.724. The molecule has 3 N–H and O–H groups in total. The molecule has 2 aromatic rings. The van der Waals surface area contributed by atoms with E-state index in [0.717, 1.165) is 26.3 Å². The SMILES string of the molecule is C1COCCN1.CNc1cc(Nc2cnc(C#N)cn2)nnc1C(C)(C)CF. The zero-order valence-electron chi connectivity index (χ0n) is 16.3. The Kier molecular flexibility index (Phi) is 7.98. The normalized spacial score (nSPS) is 13.7. The van der Waals surface area contributed by atoms with Gasteiger partial charge in [0.15, 0.2) is 11.5 Å². The van der Waals surface area contributed by atoms with Gasteiger partial charge in [-0.1, -0.05) is 13.8 Å². The number of ether oxygens (including phenoxy) is 1. The highest BCUT2D eigenvalue weighted by Gasteiger charge is 2.26. The van der Waals surface area contributed by atoms with Gasteiger partial charge in [-0.05, 0) is 0 Å². The number of hydrogen-bond donors (Lipinski definition) is 3. The fourth-order valence-corrected chi connectivity index (χ4v) is 2.30. The number of nitrogens with one attached hydrogen (secondary N) is 3. The molecule has 28 heavy (non-hydrogen) atoms. The topological polar surface area (TPSA) is 121 Å². The van der Waals surface area contributed by atoms with Crippen molar-refractivity contribution >= 4 is 17.3 Å². The molecule has 0 aliphatic carbocycles. The molecule has 150 valence electrons. The van der Waals surface area contributed by atoms with Crippen molar-refractivity contribution in [3.8, 4) is 6.07 Å². The van der Waals surface area contributed by atoms with Gasteiger partial charge in [0, 0.05) is 31.6 Å². The van der Waals surface area contributed by atoms with Gasteiger partial charge in [0.2, 0.25) is 0 Å². The molecule has 1 fully saturated rings. The Bertz CT molecular complexity index is 776. The highest BCUT2D eigenvalue weighted by molar-refractivity contribution is 5.60. The molecule has 9 nitrogen and oxygen atoms in total. The third-order valence-electron chi connectivity index (χ3n) is 3.91. The van der Waals surface area contributed by atoms with Crippen molar-refractivity contribution in [2.24, 2.45) is 0 Å². The molecule has 0 atom stereocenters. The molecule has 1 saturated heterocycles. The summed E-state index contributed by atoms with van der Waals surface area (Å²) in [6.45, 7) is 6.82. The van der Waals surface area contributed by atoms with E-state index in [1.807, 2.05) is 6.07 Å². The van der Waals surface area contributed by atoms with Crippen molar-refractivity contribution in [2.45, 2.75) is 19.3 Å². The van der Waals surface area contributed by atoms with Crippen LogP contribution in [0.2, 0.25) is 0 Å². The lowest BCUT2D eigenvalue weighted by atomic mass is 9.89. The maximum Gasteiger partial charge on any atom is 0.158 e. The second kappa shape index (κ2) is 10.4. The molecule has 10 heteroatoms. The lowest BCUT2D eigenvalue weighted by molar-refractivity contribution is 0.109. The van der Waals surface area contributed by atoms with E-state index in [0.29, 0.717) is 23.0 Å². The Morgan fingerprint density at radius 2 is 1.96 bits per heavy atom. The standard InChI is InChI=1S/C14H16FN7.C4H9NO/c1-14(2,8-15)13-10(17-3)4-11(21-22-13)20-12-7-18-9(5-16)6-19-12;1-3-6-4-2-5-1/h4,6-7H,8H2,1-3H3,(H2,17,19,20,21);5H,1-4H2. The lowest BCUT2D eigenvalue weighted by Gasteiger charge is -2.22. The zero-order chi connectivity index (χ0) is 20.4. The fraction of sp³-hybridized carbons (Fsp3) is 0.500. The number of halogens is 1. The summed E-state index contributed by atoms with van der Waals surface area (Å²) in [5, 5.41) is 25.9. The van der Waals surface area contributed by atoms with Crippen molar-refractivity contribution in [3.63, 3.8) is 0 Å². The molecule has 0 radical (unpaired) electrons. The number of alkyl halides is 1. The van der Waals surface area contributed by atoms with Gasteiger partial charge >= 0.3 is 0 Å². The first-order valence-corrected chi connectivity index (χ1v) is 8.89. The summed E-state index contributed by atoms with van der Waals surface area (Å²) in [4.78, 5) is 7.95. The van der Waals surface area contributed by atoms with Gasteiger partial charge in [-0.3, -0.25) is 4.39 Å². The molecule has 2 aromatic heterocycles. The van der Waals surface area contributed by atoms with Crippen LogP contribution < -0.4 is 16.0 Å². The molecule has 0 unspecified atom stereocenters. The highest BCUT2D eigenvalue weighted by atomic mass is 19.1. The van der Waals surface area contributed by atoms with E-state index >= 15 is 0 Å². The van der Waals surface area contributed by atoms with E-state index in [1.54, 1.807) is 27.0 Å². The molecule has 1 aliphatic rings. The van der Waals surface area contributed by atoms with Crippen molar-refractivity contribution in [1.29, 1.82) is 5.26 Å². The minimum Gasteiger partial charge on any atom is -0.386 e. The minimum absolute atomic E-state index is 0.229. The van der Waals surface area contributed by atoms with E-state index in [9.17, 15) is 4.39 Å². The quantitative estimate of drug-likeness (QED) is 0.703. The third-order valence-corrected chi connectivity index (χ3v) is 3.91. The van der Waals surface area contributed by atoms with Crippen LogP contribution in [0.1, 0.15) is 25.2 Å². The monoisotopic (exact) mass is 388 g/mol. The van der Waals surface area contributed by atoms with Crippen molar-refractivity contribution < 1.29 is 9.13 Å². The summed E-state index contributed by atoms with van der Waals surface area (Å²) in [5.41, 5.74) is 0.737. The first-order valence-electron chi connectivity index (χ1n) is 8.89. The van der Waals surface area contributed by atoms with Crippen LogP contribution in [0.15, 0.2) is 18.5 Å². The molecule has 0 saturated carbocycles. The van der Waals surface area contributed by atoms with Crippen molar-refractivity contribution in [1.82, 2.24) is 25.5 Å². The molecule has 3 rings (SSSR count). The average Bonchev–Trinajstić information content (AvgIpc) is 2.75. The van der Waals surface area contributed by atoms with Crippen LogP contribution in [0.5, 0.6) is 0 Å². The molecule has 0 amide bonds. The van der Waals surface area contributed by atoms with Crippen molar-refractivity contribution in [2.75, 3.05) is 50.7 Å². The van der Waals surface area contributed by atoms with Gasteiger partial charge in [-0.2, -0.15) is 10.4 Å². The summed E-state index contributed by atoms with van der Waals surface area (Å²) < 4.78 is 18.1. The number of nitriles is 1. The van der Waals surface area contributed by atoms with E-state index in [1.165, 1.54) is 12.4 Å². The average molecular weight is 388 g/mol. The Morgan fingerprint density at radius 1 is 1.21 bits per heavy atom. The van der Waals surface area contributed by atoms with Crippen LogP contribution in [0.3, 0.4) is 0 Å². The van der Waals surface area contributed by atoms with Crippen molar-refractivity contribution in [3.05, 3.63) is 29.8 Å². The van der Waals surface area contributed by atoms with E-state index in [4.69, 9.17) is 10.00 Å². The Hall–Kier alpha value is -2.90. The highest BCUT2D eigenvalue weighted by Crippen LogP contribution is 2.29. The predicted octanol–water partition coefficient (Wildman–Crippen LogP) is 1.78. The maximum atomic E-state index is 13.1. The second-order valence-electron chi connectivity index (χ2n) is 6.65. The van der Waals surface area contributed by atoms with Gasteiger partial charge in [0.25, 0.3) is 0 Å². The van der Waals surface area contributed by atoms with Gasteiger partial charge in [-0.25, -0.2) is 9.97 Å². The maximum absolute atomic E-state index is 13.1. The largest absolute Gasteiger partial charge is 0.386 e. The summed E-state index contributed by atoms with van der Waals surface area (Å²) in [5.74, 6) is 0.884. The number of aromatic nitrogens is 4. The Morgan fingerprint density at radius 3 is 2.43 bits per heavy atom. The number of morpholine rings is 1. The second-order valence-corrected chi connectivity index (χ2v) is 6.65. The van der Waals surface area contributed by atoms with E-state index < -0.39 is 12.1 Å². The fourth-order valence-electron chi connectivity index (χ4n) is 2.30. The molecule has 1 aliphatic heterocycles. The van der Waals surface area contributed by atoms with Crippen LogP contribution in [-0.4, -0.2) is 60.2 Å². The van der Waals surface area contributed by atoms with E-state index in [2.05, 4.69) is 36.1 Å². The van der Waals surface area contributed by atoms with Crippen LogP contribution in [0.4, 0.5) is 21.7 Å². The molecule has 0 spiro atoms. The zero-order valence-corrected chi connectivity index (χ0v) is 16.3. The molecule has 3 heterocycles. The summed E-state index contributed by atoms with van der Waals surface area (Å²) in [7, 11) is 1.74. The van der Waals surface area contributed by atoms with Gasteiger partial charge < -0.3 is 20.7 Å². The predicted molar refractivity (Wildman–Crippen MR) is 104 cm³/mol. The Balaban J connectivity index is 0.000000397.